The van der Waals surface area contributed by atoms with Crippen LogP contribution >= 0.6 is 11.6 Å². The smallest absolute Gasteiger partial charge is 0.158 e. The molecule has 15 heavy (non-hydrogen) atoms. The summed E-state index contributed by atoms with van der Waals surface area (Å²) in [5.41, 5.74) is 1.02. The van der Waals surface area contributed by atoms with E-state index in [1.807, 2.05) is 45.8 Å². The van der Waals surface area contributed by atoms with E-state index in [0.717, 1.165) is 5.56 Å². The molecule has 0 amide bonds. The summed E-state index contributed by atoms with van der Waals surface area (Å²) in [6.07, 6.45) is 1.70. The molecule has 0 N–H and O–H groups in total. The first-order valence-electron chi connectivity index (χ1n) is 4.93. The number of aryl methyl sites for hydroxylation is 1. The molecule has 0 saturated heterocycles. The monoisotopic (exact) mass is 227 g/mol. The van der Waals surface area contributed by atoms with Gasteiger partial charge in [-0.3, -0.25) is 0 Å². The minimum atomic E-state index is 0.469. The fourth-order valence-electron chi connectivity index (χ4n) is 0.796. The minimum Gasteiger partial charge on any atom is -0.369 e. The lowest BCUT2D eigenvalue weighted by Gasteiger charge is -2.03. The first-order chi connectivity index (χ1) is 7.09. The van der Waals surface area contributed by atoms with Crippen molar-refractivity contribution >= 4 is 23.8 Å². The highest BCUT2D eigenvalue weighted by Crippen LogP contribution is 2.17. The average Bonchev–Trinajstić information content (AvgIpc) is 2.22. The highest BCUT2D eigenvalue weighted by atomic mass is 35.5. The largest absolute Gasteiger partial charge is 0.369 e. The van der Waals surface area contributed by atoms with Gasteiger partial charge in [-0.25, -0.2) is 9.98 Å². The van der Waals surface area contributed by atoms with E-state index in [-0.39, 0.29) is 0 Å². The second-order valence-corrected chi connectivity index (χ2v) is 3.37. The van der Waals surface area contributed by atoms with Crippen LogP contribution in [0.2, 0.25) is 5.15 Å². The van der Waals surface area contributed by atoms with Crippen LogP contribution in [0.15, 0.2) is 17.1 Å². The summed E-state index contributed by atoms with van der Waals surface area (Å²) in [6, 6.07) is 3.66. The second kappa shape index (κ2) is 7.23. The van der Waals surface area contributed by atoms with Crippen LogP contribution in [0, 0.1) is 6.92 Å². The fourth-order valence-corrected chi connectivity index (χ4v) is 0.939. The molecule has 0 aromatic carbocycles. The number of aromatic nitrogens is 1. The molecule has 0 radical (unpaired) electrons. The third-order valence-corrected chi connectivity index (χ3v) is 1.66. The van der Waals surface area contributed by atoms with E-state index in [1.165, 1.54) is 0 Å². The first kappa shape index (κ1) is 13.9. The van der Waals surface area contributed by atoms with Crippen LogP contribution in [-0.2, 0) is 0 Å². The van der Waals surface area contributed by atoms with Crippen molar-refractivity contribution in [3.63, 3.8) is 0 Å². The molecule has 1 rings (SSSR count). The molecule has 0 bridgehead atoms. The molecule has 0 aliphatic heterocycles. The van der Waals surface area contributed by atoms with Crippen LogP contribution in [0.25, 0.3) is 0 Å². The molecule has 0 aliphatic carbocycles. The highest BCUT2D eigenvalue weighted by Gasteiger charge is 1.97. The van der Waals surface area contributed by atoms with Crippen LogP contribution < -0.4 is 0 Å². The van der Waals surface area contributed by atoms with Gasteiger partial charge in [0.05, 0.1) is 6.34 Å². The van der Waals surface area contributed by atoms with Crippen LogP contribution in [0.3, 0.4) is 0 Å². The molecule has 0 fully saturated rings. The second-order valence-electron chi connectivity index (χ2n) is 2.98. The zero-order valence-electron chi connectivity index (χ0n) is 9.95. The maximum atomic E-state index is 5.73. The van der Waals surface area contributed by atoms with Crippen molar-refractivity contribution < 1.29 is 0 Å². The minimum absolute atomic E-state index is 0.469. The lowest BCUT2D eigenvalue weighted by atomic mass is 10.3. The Balaban J connectivity index is 0.000000921. The molecule has 1 heterocycles. The van der Waals surface area contributed by atoms with Gasteiger partial charge in [0, 0.05) is 14.1 Å². The summed E-state index contributed by atoms with van der Waals surface area (Å²) in [7, 11) is 3.81. The number of pyridine rings is 1. The van der Waals surface area contributed by atoms with E-state index in [2.05, 4.69) is 9.98 Å². The number of nitrogens with zero attached hydrogens (tertiary/aromatic N) is 3. The summed E-state index contributed by atoms with van der Waals surface area (Å²) in [5.74, 6) is 0.668. The Morgan fingerprint density at radius 2 is 1.93 bits per heavy atom. The molecular formula is C11H18ClN3. The topological polar surface area (TPSA) is 28.5 Å². The third-order valence-electron chi connectivity index (χ3n) is 1.45. The van der Waals surface area contributed by atoms with Crippen molar-refractivity contribution in [1.82, 2.24) is 9.88 Å². The quantitative estimate of drug-likeness (QED) is 0.441. The standard InChI is InChI=1S/C9H12ClN3.C2H6/c1-7-4-5-8(10)12-9(7)11-6-13(2)3;1-2/h4-6H,1-3H3;1-2H3/b11-6+;. The van der Waals surface area contributed by atoms with Crippen LogP contribution in [-0.4, -0.2) is 30.3 Å². The van der Waals surface area contributed by atoms with E-state index in [1.54, 1.807) is 12.4 Å². The summed E-state index contributed by atoms with van der Waals surface area (Å²) < 4.78 is 0. The third kappa shape index (κ3) is 5.37. The average molecular weight is 228 g/mol. The predicted molar refractivity (Wildman–Crippen MR) is 67.2 cm³/mol. The zero-order valence-corrected chi connectivity index (χ0v) is 10.7. The Kier molecular flexibility index (Phi) is 6.71. The van der Waals surface area contributed by atoms with Crippen LogP contribution in [0.4, 0.5) is 5.82 Å². The highest BCUT2D eigenvalue weighted by molar-refractivity contribution is 6.29. The van der Waals surface area contributed by atoms with Gasteiger partial charge < -0.3 is 4.90 Å². The number of hydrogen-bond donors (Lipinski definition) is 0. The molecule has 0 atom stereocenters. The van der Waals surface area contributed by atoms with Crippen molar-refractivity contribution in [1.29, 1.82) is 0 Å². The summed E-state index contributed by atoms with van der Waals surface area (Å²) in [4.78, 5) is 10.1. The molecule has 1 aromatic rings. The molecular weight excluding hydrogens is 210 g/mol. The van der Waals surface area contributed by atoms with Gasteiger partial charge in [0.1, 0.15) is 5.15 Å². The zero-order chi connectivity index (χ0) is 11.8. The Morgan fingerprint density at radius 1 is 1.33 bits per heavy atom. The number of aliphatic imine (C=N–C) groups is 1. The number of rotatable bonds is 2. The van der Waals surface area contributed by atoms with Crippen molar-refractivity contribution in [3.05, 3.63) is 22.8 Å². The summed E-state index contributed by atoms with van der Waals surface area (Å²) >= 11 is 5.73. The van der Waals surface area contributed by atoms with E-state index in [9.17, 15) is 0 Å². The lowest BCUT2D eigenvalue weighted by Crippen LogP contribution is -2.07. The Morgan fingerprint density at radius 3 is 2.47 bits per heavy atom. The Bertz CT molecular complexity index is 322. The summed E-state index contributed by atoms with van der Waals surface area (Å²) in [6.45, 7) is 5.95. The van der Waals surface area contributed by atoms with Gasteiger partial charge in [-0.05, 0) is 18.6 Å². The molecule has 1 aromatic heterocycles. The lowest BCUT2D eigenvalue weighted by molar-refractivity contribution is 0.643. The molecule has 0 saturated carbocycles. The SMILES string of the molecule is CC.Cc1ccc(Cl)nc1/N=C/N(C)C. The van der Waals surface area contributed by atoms with E-state index in [4.69, 9.17) is 11.6 Å². The molecule has 0 spiro atoms. The molecule has 3 nitrogen and oxygen atoms in total. The van der Waals surface area contributed by atoms with Gasteiger partial charge in [0.15, 0.2) is 5.82 Å². The molecule has 84 valence electrons. The van der Waals surface area contributed by atoms with Gasteiger partial charge in [0.25, 0.3) is 0 Å². The number of hydrogen-bond acceptors (Lipinski definition) is 2. The van der Waals surface area contributed by atoms with Crippen LogP contribution in [0.1, 0.15) is 19.4 Å². The van der Waals surface area contributed by atoms with Gasteiger partial charge in [-0.15, -0.1) is 0 Å². The van der Waals surface area contributed by atoms with Gasteiger partial charge in [0.2, 0.25) is 0 Å². The van der Waals surface area contributed by atoms with Crippen molar-refractivity contribution in [2.24, 2.45) is 4.99 Å². The maximum absolute atomic E-state index is 5.73. The maximum Gasteiger partial charge on any atom is 0.158 e. The molecule has 0 unspecified atom stereocenters. The molecule has 4 heteroatoms. The van der Waals surface area contributed by atoms with Crippen molar-refractivity contribution in [2.75, 3.05) is 14.1 Å². The van der Waals surface area contributed by atoms with Gasteiger partial charge >= 0.3 is 0 Å². The normalized spacial score (nSPS) is 9.73. The van der Waals surface area contributed by atoms with Crippen molar-refractivity contribution in [2.45, 2.75) is 20.8 Å². The first-order valence-corrected chi connectivity index (χ1v) is 5.31. The Hall–Kier alpha value is -1.09. The van der Waals surface area contributed by atoms with E-state index in [0.29, 0.717) is 11.0 Å². The van der Waals surface area contributed by atoms with Gasteiger partial charge in [-0.2, -0.15) is 0 Å². The van der Waals surface area contributed by atoms with Crippen molar-refractivity contribution in [3.8, 4) is 0 Å². The van der Waals surface area contributed by atoms with E-state index < -0.39 is 0 Å². The van der Waals surface area contributed by atoms with Gasteiger partial charge in [-0.1, -0.05) is 31.5 Å². The summed E-state index contributed by atoms with van der Waals surface area (Å²) in [5, 5.41) is 0.469. The number of halogens is 1. The Labute approximate surface area is 96.8 Å². The molecule has 0 aliphatic rings. The van der Waals surface area contributed by atoms with Crippen LogP contribution in [0.5, 0.6) is 0 Å². The van der Waals surface area contributed by atoms with E-state index >= 15 is 0 Å². The fraction of sp³-hybridized carbons (Fsp3) is 0.455. The predicted octanol–water partition coefficient (Wildman–Crippen LogP) is 3.29.